The van der Waals surface area contributed by atoms with E-state index in [2.05, 4.69) is 0 Å². The quantitative estimate of drug-likeness (QED) is 0.797. The van der Waals surface area contributed by atoms with Crippen LogP contribution in [0.15, 0.2) is 18.2 Å². The summed E-state index contributed by atoms with van der Waals surface area (Å²) < 4.78 is 5.49. The van der Waals surface area contributed by atoms with E-state index < -0.39 is 5.60 Å². The van der Waals surface area contributed by atoms with Gasteiger partial charge in [0.2, 0.25) is 0 Å². The molecule has 82 valence electrons. The first-order chi connectivity index (χ1) is 7.22. The monoisotopic (exact) mass is 228 g/mol. The van der Waals surface area contributed by atoms with Crippen LogP contribution in [-0.4, -0.2) is 30.0 Å². The number of ether oxygens (including phenoxy) is 1. The summed E-state index contributed by atoms with van der Waals surface area (Å²) in [7, 11) is 0. The van der Waals surface area contributed by atoms with Crippen LogP contribution < -0.4 is 0 Å². The van der Waals surface area contributed by atoms with E-state index in [1.54, 1.807) is 6.07 Å². The lowest BCUT2D eigenvalue weighted by molar-refractivity contribution is -0.122. The summed E-state index contributed by atoms with van der Waals surface area (Å²) in [6.07, 6.45) is 0.762. The van der Waals surface area contributed by atoms with Crippen molar-refractivity contribution in [2.45, 2.75) is 12.0 Å². The van der Waals surface area contributed by atoms with Gasteiger partial charge >= 0.3 is 0 Å². The minimum absolute atomic E-state index is 0.224. The van der Waals surface area contributed by atoms with Crippen LogP contribution in [0.5, 0.6) is 0 Å². The summed E-state index contributed by atoms with van der Waals surface area (Å²) >= 11 is 5.89. The van der Waals surface area contributed by atoms with Gasteiger partial charge < -0.3 is 14.9 Å². The molecule has 0 unspecified atom stereocenters. The first kappa shape index (κ1) is 10.9. The lowest BCUT2D eigenvalue weighted by Crippen LogP contribution is -2.42. The Balaban J connectivity index is 2.50. The largest absolute Gasteiger partial charge is 0.393 e. The van der Waals surface area contributed by atoms with Gasteiger partial charge in [-0.25, -0.2) is 0 Å². The van der Waals surface area contributed by atoms with Crippen LogP contribution in [0.1, 0.15) is 11.1 Å². The zero-order chi connectivity index (χ0) is 10.9. The van der Waals surface area contributed by atoms with Crippen molar-refractivity contribution in [1.29, 1.82) is 0 Å². The maximum absolute atomic E-state index is 9.34. The molecule has 0 aliphatic carbocycles. The molecule has 0 bridgehead atoms. The number of aliphatic hydroxyl groups excluding tert-OH is 2. The molecule has 15 heavy (non-hydrogen) atoms. The molecule has 2 N–H and O–H groups in total. The second-order valence-electron chi connectivity index (χ2n) is 3.71. The number of aliphatic hydroxyl groups is 2. The van der Waals surface area contributed by atoms with Gasteiger partial charge in [0.05, 0.1) is 19.8 Å². The molecule has 1 aliphatic rings. The van der Waals surface area contributed by atoms with Crippen molar-refractivity contribution in [1.82, 2.24) is 0 Å². The van der Waals surface area contributed by atoms with Gasteiger partial charge in [0.1, 0.15) is 5.60 Å². The van der Waals surface area contributed by atoms with Gasteiger partial charge in [-0.2, -0.15) is 0 Å². The summed E-state index contributed by atoms with van der Waals surface area (Å²) in [5.41, 5.74) is 0.915. The summed E-state index contributed by atoms with van der Waals surface area (Å²) in [5.74, 6) is 0. The van der Waals surface area contributed by atoms with Crippen molar-refractivity contribution in [3.63, 3.8) is 0 Å². The Morgan fingerprint density at radius 1 is 1.33 bits per heavy atom. The highest BCUT2D eigenvalue weighted by atomic mass is 35.5. The van der Waals surface area contributed by atoms with E-state index in [4.69, 9.17) is 16.3 Å². The molecule has 1 aliphatic heterocycles. The molecule has 0 amide bonds. The molecule has 4 heteroatoms. The van der Waals surface area contributed by atoms with Gasteiger partial charge in [-0.1, -0.05) is 17.7 Å². The molecule has 0 fully saturated rings. The topological polar surface area (TPSA) is 49.7 Å². The number of benzene rings is 1. The SMILES string of the molecule is OCC1(CO)OCCc2cc(Cl)ccc21. The van der Waals surface area contributed by atoms with Crippen LogP contribution in [0.25, 0.3) is 0 Å². The van der Waals surface area contributed by atoms with E-state index >= 15 is 0 Å². The molecule has 2 rings (SSSR count). The van der Waals surface area contributed by atoms with Gasteiger partial charge in [-0.05, 0) is 29.7 Å². The third-order valence-electron chi connectivity index (χ3n) is 2.82. The maximum atomic E-state index is 9.34. The number of hydrogen-bond acceptors (Lipinski definition) is 3. The van der Waals surface area contributed by atoms with E-state index in [-0.39, 0.29) is 13.2 Å². The standard InChI is InChI=1S/C11H13ClO3/c12-9-1-2-10-8(5-9)3-4-15-11(10,6-13)7-14/h1-2,5,13-14H,3-4,6-7H2. The van der Waals surface area contributed by atoms with E-state index in [0.717, 1.165) is 17.5 Å². The van der Waals surface area contributed by atoms with Gasteiger partial charge in [0.15, 0.2) is 0 Å². The van der Waals surface area contributed by atoms with Crippen LogP contribution in [0.2, 0.25) is 5.02 Å². The number of hydrogen-bond donors (Lipinski definition) is 2. The average molecular weight is 229 g/mol. The second kappa shape index (κ2) is 4.10. The van der Waals surface area contributed by atoms with Crippen LogP contribution in [0, 0.1) is 0 Å². The fraction of sp³-hybridized carbons (Fsp3) is 0.455. The van der Waals surface area contributed by atoms with Crippen molar-refractivity contribution in [3.05, 3.63) is 34.3 Å². The number of rotatable bonds is 2. The van der Waals surface area contributed by atoms with Crippen molar-refractivity contribution >= 4 is 11.6 Å². The maximum Gasteiger partial charge on any atom is 0.139 e. The Morgan fingerprint density at radius 3 is 2.73 bits per heavy atom. The van der Waals surface area contributed by atoms with Gasteiger partial charge in [0, 0.05) is 5.02 Å². The Bertz CT molecular complexity index is 361. The first-order valence-electron chi connectivity index (χ1n) is 4.86. The zero-order valence-electron chi connectivity index (χ0n) is 8.24. The van der Waals surface area contributed by atoms with Gasteiger partial charge in [-0.3, -0.25) is 0 Å². The Hall–Kier alpha value is -0.610. The van der Waals surface area contributed by atoms with Crippen LogP contribution in [0.4, 0.5) is 0 Å². The van der Waals surface area contributed by atoms with Gasteiger partial charge in [-0.15, -0.1) is 0 Å². The normalized spacial score (nSPS) is 18.6. The van der Waals surface area contributed by atoms with Crippen LogP contribution in [0.3, 0.4) is 0 Å². The first-order valence-corrected chi connectivity index (χ1v) is 5.24. The van der Waals surface area contributed by atoms with Crippen molar-refractivity contribution in [2.24, 2.45) is 0 Å². The lowest BCUT2D eigenvalue weighted by atomic mass is 9.87. The number of fused-ring (bicyclic) bond motifs is 1. The highest BCUT2D eigenvalue weighted by molar-refractivity contribution is 6.30. The van der Waals surface area contributed by atoms with Crippen molar-refractivity contribution in [3.8, 4) is 0 Å². The number of halogens is 1. The van der Waals surface area contributed by atoms with E-state index in [0.29, 0.717) is 11.6 Å². The Kier molecular flexibility index (Phi) is 2.98. The highest BCUT2D eigenvalue weighted by Gasteiger charge is 2.36. The second-order valence-corrected chi connectivity index (χ2v) is 4.15. The molecule has 1 aromatic carbocycles. The fourth-order valence-corrected chi connectivity index (χ4v) is 2.15. The van der Waals surface area contributed by atoms with Crippen molar-refractivity contribution in [2.75, 3.05) is 19.8 Å². The third kappa shape index (κ3) is 1.76. The molecule has 1 heterocycles. The predicted molar refractivity (Wildman–Crippen MR) is 57.0 cm³/mol. The Labute approximate surface area is 93.3 Å². The smallest absolute Gasteiger partial charge is 0.139 e. The molecule has 0 radical (unpaired) electrons. The van der Waals surface area contributed by atoms with Crippen LogP contribution >= 0.6 is 11.6 Å². The van der Waals surface area contributed by atoms with E-state index in [1.807, 2.05) is 12.1 Å². The lowest BCUT2D eigenvalue weighted by Gasteiger charge is -2.36. The Morgan fingerprint density at radius 2 is 2.07 bits per heavy atom. The predicted octanol–water partition coefficient (Wildman–Crippen LogP) is 1.09. The molecule has 1 aromatic rings. The molecular formula is C11H13ClO3. The molecular weight excluding hydrogens is 216 g/mol. The van der Waals surface area contributed by atoms with Crippen molar-refractivity contribution < 1.29 is 14.9 Å². The summed E-state index contributed by atoms with van der Waals surface area (Å²) in [5, 5.41) is 19.3. The van der Waals surface area contributed by atoms with Crippen LogP contribution in [-0.2, 0) is 16.8 Å². The highest BCUT2D eigenvalue weighted by Crippen LogP contribution is 2.33. The zero-order valence-corrected chi connectivity index (χ0v) is 9.00. The molecule has 0 spiro atoms. The van der Waals surface area contributed by atoms with E-state index in [9.17, 15) is 10.2 Å². The molecule has 0 saturated carbocycles. The molecule has 0 aromatic heterocycles. The minimum atomic E-state index is -0.960. The molecule has 0 saturated heterocycles. The third-order valence-corrected chi connectivity index (χ3v) is 3.05. The van der Waals surface area contributed by atoms with E-state index in [1.165, 1.54) is 0 Å². The molecule has 0 atom stereocenters. The fourth-order valence-electron chi connectivity index (χ4n) is 1.96. The summed E-state index contributed by atoms with van der Waals surface area (Å²) in [6, 6.07) is 5.41. The molecule has 3 nitrogen and oxygen atoms in total. The van der Waals surface area contributed by atoms with Gasteiger partial charge in [0.25, 0.3) is 0 Å². The minimum Gasteiger partial charge on any atom is -0.393 e. The summed E-state index contributed by atoms with van der Waals surface area (Å²) in [6.45, 7) is 0.0464. The summed E-state index contributed by atoms with van der Waals surface area (Å²) in [4.78, 5) is 0. The average Bonchev–Trinajstić information content (AvgIpc) is 2.27.